The number of hydrazone groups is 1. The standard InChI is InChI=1S/C24H30N4OS/c1-15(2)26-27-23-25-21-20(22(29)28(23)14-16-9-7-6-8-10-16)18-12-11-17(24(3,4)5)13-19(18)30-21/h6-10,17H,11-14H2,1-5H3,(H,25,27). The van der Waals surface area contributed by atoms with Gasteiger partial charge in [0.2, 0.25) is 5.95 Å². The van der Waals surface area contributed by atoms with Crippen molar-refractivity contribution in [3.05, 3.63) is 56.7 Å². The van der Waals surface area contributed by atoms with E-state index in [-0.39, 0.29) is 11.0 Å². The second-order valence-corrected chi connectivity index (χ2v) is 10.6. The largest absolute Gasteiger partial charge is 0.272 e. The number of nitrogens with one attached hydrogen (secondary N) is 1. The molecule has 1 unspecified atom stereocenters. The van der Waals surface area contributed by atoms with Crippen LogP contribution in [0.1, 0.15) is 57.0 Å². The quantitative estimate of drug-likeness (QED) is 0.448. The molecule has 0 saturated carbocycles. The zero-order chi connectivity index (χ0) is 21.5. The molecule has 1 N–H and O–H groups in total. The second-order valence-electron chi connectivity index (χ2n) is 9.47. The van der Waals surface area contributed by atoms with Crippen molar-refractivity contribution in [2.75, 3.05) is 5.43 Å². The van der Waals surface area contributed by atoms with Crippen molar-refractivity contribution < 1.29 is 0 Å². The molecule has 1 aliphatic rings. The number of rotatable bonds is 4. The predicted molar refractivity (Wildman–Crippen MR) is 127 cm³/mol. The molecule has 1 aliphatic carbocycles. The van der Waals surface area contributed by atoms with Gasteiger partial charge in [0, 0.05) is 10.6 Å². The van der Waals surface area contributed by atoms with Gasteiger partial charge >= 0.3 is 0 Å². The number of aromatic nitrogens is 2. The van der Waals surface area contributed by atoms with Crippen molar-refractivity contribution in [3.63, 3.8) is 0 Å². The van der Waals surface area contributed by atoms with Gasteiger partial charge in [0.25, 0.3) is 5.56 Å². The molecule has 4 rings (SSSR count). The second kappa shape index (κ2) is 7.99. The third-order valence-electron chi connectivity index (χ3n) is 5.96. The molecule has 0 spiro atoms. The highest BCUT2D eigenvalue weighted by atomic mass is 32.1. The normalized spacial score (nSPS) is 16.4. The number of benzene rings is 1. The van der Waals surface area contributed by atoms with Gasteiger partial charge in [0.05, 0.1) is 11.9 Å². The average Bonchev–Trinajstić information content (AvgIpc) is 3.06. The SMILES string of the molecule is CC(C)=NNc1nc2sc3c(c2c(=O)n1Cc1ccccc1)CCC(C(C)(C)C)C3. The van der Waals surface area contributed by atoms with Crippen LogP contribution in [0, 0.1) is 11.3 Å². The fraction of sp³-hybridized carbons (Fsp3) is 0.458. The van der Waals surface area contributed by atoms with Crippen LogP contribution in [-0.2, 0) is 19.4 Å². The number of hydrogen-bond donors (Lipinski definition) is 1. The van der Waals surface area contributed by atoms with Crippen LogP contribution in [0.4, 0.5) is 5.95 Å². The first-order valence-electron chi connectivity index (χ1n) is 10.6. The Labute approximate surface area is 181 Å². The maximum atomic E-state index is 13.7. The molecule has 0 amide bonds. The minimum Gasteiger partial charge on any atom is -0.272 e. The molecule has 2 aromatic heterocycles. The Morgan fingerprint density at radius 3 is 2.67 bits per heavy atom. The van der Waals surface area contributed by atoms with Crippen molar-refractivity contribution >= 4 is 33.2 Å². The van der Waals surface area contributed by atoms with Crippen molar-refractivity contribution in [1.29, 1.82) is 0 Å². The van der Waals surface area contributed by atoms with Crippen LogP contribution in [0.2, 0.25) is 0 Å². The van der Waals surface area contributed by atoms with E-state index in [0.717, 1.165) is 40.8 Å². The van der Waals surface area contributed by atoms with E-state index < -0.39 is 0 Å². The lowest BCUT2D eigenvalue weighted by Gasteiger charge is -2.33. The lowest BCUT2D eigenvalue weighted by atomic mass is 9.72. The average molecular weight is 423 g/mol. The van der Waals surface area contributed by atoms with Gasteiger partial charge in [-0.1, -0.05) is 51.1 Å². The molecule has 0 fully saturated rings. The monoisotopic (exact) mass is 422 g/mol. The van der Waals surface area contributed by atoms with Gasteiger partial charge in [0.1, 0.15) is 4.83 Å². The van der Waals surface area contributed by atoms with E-state index in [1.165, 1.54) is 10.4 Å². The van der Waals surface area contributed by atoms with Gasteiger partial charge in [-0.15, -0.1) is 11.3 Å². The summed E-state index contributed by atoms with van der Waals surface area (Å²) in [5.41, 5.74) is 6.50. The highest BCUT2D eigenvalue weighted by Gasteiger charge is 2.32. The van der Waals surface area contributed by atoms with E-state index >= 15 is 0 Å². The van der Waals surface area contributed by atoms with Crippen LogP contribution >= 0.6 is 11.3 Å². The minimum absolute atomic E-state index is 0.0296. The summed E-state index contributed by atoms with van der Waals surface area (Å²) in [7, 11) is 0. The lowest BCUT2D eigenvalue weighted by molar-refractivity contribution is 0.218. The van der Waals surface area contributed by atoms with Crippen molar-refractivity contribution in [2.24, 2.45) is 16.4 Å². The van der Waals surface area contributed by atoms with E-state index in [2.05, 4.69) is 31.3 Å². The summed E-state index contributed by atoms with van der Waals surface area (Å²) in [6.45, 7) is 11.2. The molecule has 30 heavy (non-hydrogen) atoms. The third-order valence-corrected chi connectivity index (χ3v) is 7.10. The van der Waals surface area contributed by atoms with Crippen LogP contribution in [0.25, 0.3) is 10.2 Å². The molecular formula is C24H30N4OS. The van der Waals surface area contributed by atoms with Crippen LogP contribution in [0.3, 0.4) is 0 Å². The molecule has 0 aliphatic heterocycles. The number of anilines is 1. The summed E-state index contributed by atoms with van der Waals surface area (Å²) < 4.78 is 1.73. The fourth-order valence-electron chi connectivity index (χ4n) is 4.16. The Balaban J connectivity index is 1.84. The predicted octanol–water partition coefficient (Wildman–Crippen LogP) is 5.47. The number of fused-ring (bicyclic) bond motifs is 3. The number of nitrogens with zero attached hydrogens (tertiary/aromatic N) is 3. The molecule has 2 heterocycles. The summed E-state index contributed by atoms with van der Waals surface area (Å²) >= 11 is 1.68. The Hall–Kier alpha value is -2.47. The Morgan fingerprint density at radius 2 is 2.00 bits per heavy atom. The summed E-state index contributed by atoms with van der Waals surface area (Å²) in [6.07, 6.45) is 3.12. The summed E-state index contributed by atoms with van der Waals surface area (Å²) in [6, 6.07) is 10.0. The molecule has 158 valence electrons. The first kappa shape index (κ1) is 20.8. The van der Waals surface area contributed by atoms with Gasteiger partial charge in [-0.05, 0) is 55.6 Å². The summed E-state index contributed by atoms with van der Waals surface area (Å²) in [4.78, 5) is 20.7. The van der Waals surface area contributed by atoms with Gasteiger partial charge in [-0.2, -0.15) is 5.10 Å². The molecule has 6 heteroatoms. The van der Waals surface area contributed by atoms with Crippen LogP contribution in [0.15, 0.2) is 40.2 Å². The van der Waals surface area contributed by atoms with Gasteiger partial charge < -0.3 is 0 Å². The minimum atomic E-state index is 0.0296. The Morgan fingerprint density at radius 1 is 1.27 bits per heavy atom. The smallest absolute Gasteiger partial charge is 0.264 e. The van der Waals surface area contributed by atoms with E-state index in [1.807, 2.05) is 44.2 Å². The number of aryl methyl sites for hydroxylation is 1. The van der Waals surface area contributed by atoms with Crippen LogP contribution < -0.4 is 11.0 Å². The molecule has 5 nitrogen and oxygen atoms in total. The van der Waals surface area contributed by atoms with Crippen molar-refractivity contribution in [2.45, 2.75) is 60.4 Å². The van der Waals surface area contributed by atoms with Gasteiger partial charge in [-0.3, -0.25) is 9.36 Å². The first-order valence-corrected chi connectivity index (χ1v) is 11.4. The molecule has 1 aromatic carbocycles. The Bertz CT molecular complexity index is 1150. The highest BCUT2D eigenvalue weighted by Crippen LogP contribution is 2.42. The van der Waals surface area contributed by atoms with E-state index in [4.69, 9.17) is 4.98 Å². The maximum absolute atomic E-state index is 13.7. The van der Waals surface area contributed by atoms with Gasteiger partial charge in [0.15, 0.2) is 0 Å². The highest BCUT2D eigenvalue weighted by molar-refractivity contribution is 7.18. The van der Waals surface area contributed by atoms with E-state index in [9.17, 15) is 4.79 Å². The van der Waals surface area contributed by atoms with E-state index in [0.29, 0.717) is 18.4 Å². The molecule has 0 bridgehead atoms. The lowest BCUT2D eigenvalue weighted by Crippen LogP contribution is -2.28. The molecule has 0 radical (unpaired) electrons. The summed E-state index contributed by atoms with van der Waals surface area (Å²) in [5, 5.41) is 5.13. The van der Waals surface area contributed by atoms with Crippen molar-refractivity contribution in [3.8, 4) is 0 Å². The zero-order valence-electron chi connectivity index (χ0n) is 18.5. The van der Waals surface area contributed by atoms with Crippen LogP contribution in [-0.4, -0.2) is 15.3 Å². The fourth-order valence-corrected chi connectivity index (χ4v) is 5.45. The molecule has 0 saturated heterocycles. The van der Waals surface area contributed by atoms with Crippen LogP contribution in [0.5, 0.6) is 0 Å². The van der Waals surface area contributed by atoms with Crippen molar-refractivity contribution in [1.82, 2.24) is 9.55 Å². The Kier molecular flexibility index (Phi) is 5.53. The third kappa shape index (κ3) is 4.06. The zero-order valence-corrected chi connectivity index (χ0v) is 19.3. The number of thiophene rings is 1. The molecule has 3 aromatic rings. The first-order chi connectivity index (χ1) is 14.2. The summed E-state index contributed by atoms with van der Waals surface area (Å²) in [5.74, 6) is 1.14. The molecule has 1 atom stereocenters. The topological polar surface area (TPSA) is 59.3 Å². The van der Waals surface area contributed by atoms with Gasteiger partial charge in [-0.25, -0.2) is 10.4 Å². The molecular weight excluding hydrogens is 392 g/mol. The van der Waals surface area contributed by atoms with E-state index in [1.54, 1.807) is 15.9 Å². The maximum Gasteiger partial charge on any atom is 0.264 e. The number of hydrogen-bond acceptors (Lipinski definition) is 5.